The van der Waals surface area contributed by atoms with E-state index in [1.54, 1.807) is 0 Å². The van der Waals surface area contributed by atoms with E-state index in [9.17, 15) is 4.79 Å². The minimum Gasteiger partial charge on any atom is -0.335 e. The van der Waals surface area contributed by atoms with Gasteiger partial charge in [-0.3, -0.25) is 9.69 Å². The maximum absolute atomic E-state index is 12.3. The molecule has 0 spiro atoms. The lowest BCUT2D eigenvalue weighted by atomic mass is 10.1. The number of hydrogen-bond acceptors (Lipinski definition) is 3. The summed E-state index contributed by atoms with van der Waals surface area (Å²) in [6.45, 7) is 6.71. The van der Waals surface area contributed by atoms with E-state index in [0.717, 1.165) is 44.0 Å². The number of hydrogen-bond donors (Lipinski definition) is 0. The summed E-state index contributed by atoms with van der Waals surface area (Å²) in [6.07, 6.45) is 1.09. The van der Waals surface area contributed by atoms with Gasteiger partial charge >= 0.3 is 0 Å². The highest BCUT2D eigenvalue weighted by molar-refractivity contribution is 7.12. The Morgan fingerprint density at radius 2 is 1.73 bits per heavy atom. The van der Waals surface area contributed by atoms with Gasteiger partial charge in [-0.05, 0) is 29.0 Å². The summed E-state index contributed by atoms with van der Waals surface area (Å²) in [5.74, 6) is 0.182. The summed E-state index contributed by atoms with van der Waals surface area (Å²) in [4.78, 5) is 17.6. The number of amides is 1. The molecule has 0 N–H and O–H groups in total. The summed E-state index contributed by atoms with van der Waals surface area (Å²) >= 11 is 1.53. The molecule has 2 aromatic rings. The van der Waals surface area contributed by atoms with Gasteiger partial charge < -0.3 is 4.90 Å². The van der Waals surface area contributed by atoms with Gasteiger partial charge in [0.05, 0.1) is 4.88 Å². The molecule has 2 heterocycles. The zero-order chi connectivity index (χ0) is 15.4. The van der Waals surface area contributed by atoms with Gasteiger partial charge in [0, 0.05) is 32.7 Å². The maximum Gasteiger partial charge on any atom is 0.264 e. The van der Waals surface area contributed by atoms with Gasteiger partial charge in [-0.15, -0.1) is 11.3 Å². The molecule has 3 nitrogen and oxygen atoms in total. The molecule has 1 amide bonds. The smallest absolute Gasteiger partial charge is 0.264 e. The van der Waals surface area contributed by atoms with Gasteiger partial charge in [0.25, 0.3) is 5.91 Å². The van der Waals surface area contributed by atoms with Crippen LogP contribution in [0.2, 0.25) is 0 Å². The van der Waals surface area contributed by atoms with E-state index in [2.05, 4.69) is 36.1 Å². The molecule has 3 rings (SSSR count). The Hall–Kier alpha value is -1.65. The molecule has 4 heteroatoms. The van der Waals surface area contributed by atoms with Gasteiger partial charge in [-0.25, -0.2) is 0 Å². The molecule has 0 saturated carbocycles. The van der Waals surface area contributed by atoms with Crippen molar-refractivity contribution in [2.75, 3.05) is 26.2 Å². The number of benzene rings is 1. The topological polar surface area (TPSA) is 23.6 Å². The van der Waals surface area contributed by atoms with Gasteiger partial charge in [0.2, 0.25) is 0 Å². The van der Waals surface area contributed by atoms with Crippen LogP contribution in [0.4, 0.5) is 0 Å². The van der Waals surface area contributed by atoms with Crippen LogP contribution in [0.5, 0.6) is 0 Å². The summed E-state index contributed by atoms with van der Waals surface area (Å²) in [6, 6.07) is 12.7. The van der Waals surface area contributed by atoms with E-state index >= 15 is 0 Å². The highest BCUT2D eigenvalue weighted by Crippen LogP contribution is 2.15. The van der Waals surface area contributed by atoms with Crippen LogP contribution < -0.4 is 0 Å². The highest BCUT2D eigenvalue weighted by atomic mass is 32.1. The first-order valence-corrected chi connectivity index (χ1v) is 8.77. The van der Waals surface area contributed by atoms with E-state index in [1.165, 1.54) is 22.5 Å². The first kappa shape index (κ1) is 15.3. The molecular formula is C18H22N2OS. The monoisotopic (exact) mass is 314 g/mol. The molecule has 1 saturated heterocycles. The van der Waals surface area contributed by atoms with Gasteiger partial charge in [0.1, 0.15) is 0 Å². The van der Waals surface area contributed by atoms with Crippen LogP contribution >= 0.6 is 11.3 Å². The molecule has 0 aliphatic carbocycles. The van der Waals surface area contributed by atoms with E-state index in [4.69, 9.17) is 0 Å². The van der Waals surface area contributed by atoms with Crippen molar-refractivity contribution in [2.24, 2.45) is 0 Å². The third-order valence-corrected chi connectivity index (χ3v) is 5.09. The predicted octanol–water partition coefficient (Wildman–Crippen LogP) is 3.27. The Kier molecular flexibility index (Phi) is 4.90. The molecule has 22 heavy (non-hydrogen) atoms. The fourth-order valence-corrected chi connectivity index (χ4v) is 3.49. The Bertz CT molecular complexity index is 599. The van der Waals surface area contributed by atoms with E-state index in [-0.39, 0.29) is 5.91 Å². The number of nitrogens with zero attached hydrogens (tertiary/aromatic N) is 2. The number of rotatable bonds is 4. The minimum atomic E-state index is 0.182. The van der Waals surface area contributed by atoms with Crippen LogP contribution in [0.25, 0.3) is 0 Å². The van der Waals surface area contributed by atoms with Crippen LogP contribution in [0, 0.1) is 0 Å². The van der Waals surface area contributed by atoms with Crippen LogP contribution in [0.3, 0.4) is 0 Å². The molecular weight excluding hydrogens is 292 g/mol. The van der Waals surface area contributed by atoms with Crippen molar-refractivity contribution in [1.29, 1.82) is 0 Å². The lowest BCUT2D eigenvalue weighted by Crippen LogP contribution is -2.48. The average Bonchev–Trinajstić information content (AvgIpc) is 3.10. The Morgan fingerprint density at radius 1 is 1.05 bits per heavy atom. The number of carbonyl (C=O) groups is 1. The van der Waals surface area contributed by atoms with E-state index < -0.39 is 0 Å². The third-order valence-electron chi connectivity index (χ3n) is 4.23. The summed E-state index contributed by atoms with van der Waals surface area (Å²) in [7, 11) is 0. The molecule has 1 aliphatic rings. The quantitative estimate of drug-likeness (QED) is 0.865. The molecule has 0 bridgehead atoms. The van der Waals surface area contributed by atoms with Gasteiger partial charge in [0.15, 0.2) is 0 Å². The molecule has 1 aliphatic heterocycles. The third kappa shape index (κ3) is 3.57. The zero-order valence-electron chi connectivity index (χ0n) is 13.0. The van der Waals surface area contributed by atoms with Crippen LogP contribution in [-0.2, 0) is 13.0 Å². The van der Waals surface area contributed by atoms with Crippen molar-refractivity contribution in [1.82, 2.24) is 9.80 Å². The van der Waals surface area contributed by atoms with Crippen molar-refractivity contribution in [3.63, 3.8) is 0 Å². The number of piperazine rings is 1. The first-order chi connectivity index (χ1) is 10.8. The SMILES string of the molecule is CCc1ccc(CN2CCN(C(=O)c3cccs3)CC2)cc1. The van der Waals surface area contributed by atoms with Crippen molar-refractivity contribution in [3.8, 4) is 0 Å². The molecule has 1 fully saturated rings. The maximum atomic E-state index is 12.3. The fraction of sp³-hybridized carbons (Fsp3) is 0.389. The van der Waals surface area contributed by atoms with Crippen molar-refractivity contribution in [3.05, 3.63) is 57.8 Å². The highest BCUT2D eigenvalue weighted by Gasteiger charge is 2.22. The van der Waals surface area contributed by atoms with E-state index in [1.807, 2.05) is 22.4 Å². The number of aryl methyl sites for hydroxylation is 1. The minimum absolute atomic E-state index is 0.182. The van der Waals surface area contributed by atoms with Crippen LogP contribution in [-0.4, -0.2) is 41.9 Å². The second-order valence-corrected chi connectivity index (χ2v) is 6.66. The molecule has 116 valence electrons. The van der Waals surface area contributed by atoms with E-state index in [0.29, 0.717) is 0 Å². The lowest BCUT2D eigenvalue weighted by molar-refractivity contribution is 0.0633. The molecule has 0 radical (unpaired) electrons. The first-order valence-electron chi connectivity index (χ1n) is 7.89. The largest absolute Gasteiger partial charge is 0.335 e. The lowest BCUT2D eigenvalue weighted by Gasteiger charge is -2.34. The Morgan fingerprint density at radius 3 is 2.32 bits per heavy atom. The second-order valence-electron chi connectivity index (χ2n) is 5.72. The standard InChI is InChI=1S/C18H22N2OS/c1-2-15-5-7-16(8-6-15)14-19-9-11-20(12-10-19)18(21)17-4-3-13-22-17/h3-8,13H,2,9-12,14H2,1H3. The Labute approximate surface area is 136 Å². The fourth-order valence-electron chi connectivity index (χ4n) is 2.80. The molecule has 0 atom stereocenters. The van der Waals surface area contributed by atoms with Crippen molar-refractivity contribution in [2.45, 2.75) is 19.9 Å². The van der Waals surface area contributed by atoms with Crippen molar-refractivity contribution < 1.29 is 4.79 Å². The van der Waals surface area contributed by atoms with Crippen molar-refractivity contribution >= 4 is 17.2 Å². The van der Waals surface area contributed by atoms with Gasteiger partial charge in [-0.2, -0.15) is 0 Å². The van der Waals surface area contributed by atoms with Gasteiger partial charge in [-0.1, -0.05) is 37.3 Å². The molecule has 0 unspecified atom stereocenters. The number of thiophene rings is 1. The summed E-state index contributed by atoms with van der Waals surface area (Å²) in [5, 5.41) is 1.96. The Balaban J connectivity index is 1.52. The van der Waals surface area contributed by atoms with Crippen LogP contribution in [0.15, 0.2) is 41.8 Å². The normalized spacial score (nSPS) is 16.0. The number of carbonyl (C=O) groups excluding carboxylic acids is 1. The molecule has 1 aromatic heterocycles. The zero-order valence-corrected chi connectivity index (χ0v) is 13.8. The second kappa shape index (κ2) is 7.07. The predicted molar refractivity (Wildman–Crippen MR) is 91.3 cm³/mol. The molecule has 1 aromatic carbocycles. The summed E-state index contributed by atoms with van der Waals surface area (Å²) in [5.41, 5.74) is 2.74. The van der Waals surface area contributed by atoms with Crippen LogP contribution in [0.1, 0.15) is 27.7 Å². The summed E-state index contributed by atoms with van der Waals surface area (Å²) < 4.78 is 0. The average molecular weight is 314 g/mol.